The van der Waals surface area contributed by atoms with E-state index in [1.807, 2.05) is 0 Å². The number of hydrogen-bond donors (Lipinski definition) is 0. The Morgan fingerprint density at radius 2 is 0.750 bits per heavy atom. The summed E-state index contributed by atoms with van der Waals surface area (Å²) in [5, 5.41) is 0. The van der Waals surface area contributed by atoms with Gasteiger partial charge >= 0.3 is 0 Å². The van der Waals surface area contributed by atoms with Gasteiger partial charge in [0.2, 0.25) is 0 Å². The average Bonchev–Trinajstić information content (AvgIpc) is 1.00. The van der Waals surface area contributed by atoms with Crippen molar-refractivity contribution in [1.82, 2.24) is 0 Å². The normalized spacial score (nSPS) is 0.500. The first kappa shape index (κ1) is 74.4. The number of rotatable bonds is 0. The summed E-state index contributed by atoms with van der Waals surface area (Å²) in [6.45, 7) is 0. The Morgan fingerprint density at radius 1 is 0.750 bits per heavy atom. The lowest BCUT2D eigenvalue weighted by atomic mass is 11.4. The molecule has 0 amide bonds. The molecule has 0 aliphatic rings. The Bertz CT molecular complexity index is 4.75. The Morgan fingerprint density at radius 3 is 0.750 bits per heavy atom. The SMILES string of the molecule is C#C.[C].[C]. The zero-order valence-corrected chi connectivity index (χ0v) is 2.15. The van der Waals surface area contributed by atoms with Crippen LogP contribution >= 0.6 is 0 Å². The van der Waals surface area contributed by atoms with Gasteiger partial charge in [0.15, 0.2) is 0 Å². The molecule has 0 aliphatic carbocycles. The van der Waals surface area contributed by atoms with Gasteiger partial charge in [-0.2, -0.15) is 0 Å². The number of terminal acetylenes is 1. The van der Waals surface area contributed by atoms with E-state index in [0.29, 0.717) is 0 Å². The fraction of sp³-hybridized carbons (Fsp3) is 0. The highest BCUT2D eigenvalue weighted by atomic mass is 12.6. The van der Waals surface area contributed by atoms with Crippen molar-refractivity contribution in [3.05, 3.63) is 14.9 Å². The van der Waals surface area contributed by atoms with Crippen LogP contribution in [0.2, 0.25) is 0 Å². The zero-order valence-electron chi connectivity index (χ0n) is 2.15. The quantitative estimate of drug-likeness (QED) is 0.349. The van der Waals surface area contributed by atoms with Gasteiger partial charge in [0.25, 0.3) is 0 Å². The summed E-state index contributed by atoms with van der Waals surface area (Å²) in [4.78, 5) is 0. The monoisotopic (exact) mass is 50.0 g/mol. The van der Waals surface area contributed by atoms with Gasteiger partial charge in [-0.15, -0.1) is 12.8 Å². The number of hydrogen-bond acceptors (Lipinski definition) is 0. The second-order valence-corrected chi connectivity index (χ2v) is 0. The van der Waals surface area contributed by atoms with Gasteiger partial charge in [-0.3, -0.25) is 0 Å². The first-order chi connectivity index (χ1) is 1.00. The van der Waals surface area contributed by atoms with E-state index in [-0.39, 0.29) is 14.9 Å². The maximum atomic E-state index is 4.00. The molecule has 0 fully saturated rings. The van der Waals surface area contributed by atoms with Crippen molar-refractivity contribution >= 4 is 0 Å². The molecule has 0 atom stereocenters. The molecule has 0 aliphatic heterocycles. The molecule has 8 radical (unpaired) electrons. The van der Waals surface area contributed by atoms with E-state index in [4.69, 9.17) is 0 Å². The van der Waals surface area contributed by atoms with Crippen molar-refractivity contribution in [3.63, 3.8) is 0 Å². The van der Waals surface area contributed by atoms with Crippen LogP contribution in [0.4, 0.5) is 0 Å². The van der Waals surface area contributed by atoms with Gasteiger partial charge in [0.1, 0.15) is 0 Å². The standard InChI is InChI=1S/C2H2.2C/c1-2;;/h1-2H;;. The molecular formula is C4H2. The van der Waals surface area contributed by atoms with Crippen LogP contribution in [0.3, 0.4) is 0 Å². The molecule has 4 heavy (non-hydrogen) atoms. The van der Waals surface area contributed by atoms with Crippen LogP contribution in [0.5, 0.6) is 0 Å². The van der Waals surface area contributed by atoms with Gasteiger partial charge in [-0.25, -0.2) is 0 Å². The largest absolute Gasteiger partial charge is 0.124 e. The minimum atomic E-state index is 0. The second kappa shape index (κ2) is 32.2. The van der Waals surface area contributed by atoms with Crippen LogP contribution in [-0.4, -0.2) is 0 Å². The summed E-state index contributed by atoms with van der Waals surface area (Å²) in [6.07, 6.45) is 8.00. The molecule has 0 N–H and O–H groups in total. The Hall–Kier alpha value is -0.440. The third-order valence-corrected chi connectivity index (χ3v) is 0. The van der Waals surface area contributed by atoms with Gasteiger partial charge in [-0.05, 0) is 0 Å². The highest BCUT2D eigenvalue weighted by Gasteiger charge is 0.454. The molecule has 0 aromatic carbocycles. The summed E-state index contributed by atoms with van der Waals surface area (Å²) in [5.74, 6) is 0. The fourth-order valence-corrected chi connectivity index (χ4v) is 0. The maximum absolute atomic E-state index is 4.00. The summed E-state index contributed by atoms with van der Waals surface area (Å²) in [5.41, 5.74) is 0. The topological polar surface area (TPSA) is 0 Å². The molecule has 0 heteroatoms. The van der Waals surface area contributed by atoms with Crippen LogP contribution in [0.1, 0.15) is 0 Å². The van der Waals surface area contributed by atoms with Crippen molar-refractivity contribution in [2.45, 2.75) is 0 Å². The molecule has 0 heterocycles. The average molecular weight is 50.1 g/mol. The first-order valence-corrected chi connectivity index (χ1v) is 0.333. The summed E-state index contributed by atoms with van der Waals surface area (Å²) >= 11 is 0. The van der Waals surface area contributed by atoms with Crippen LogP contribution in [0.25, 0.3) is 0 Å². The van der Waals surface area contributed by atoms with E-state index in [0.717, 1.165) is 0 Å². The zero-order chi connectivity index (χ0) is 2.00. The molecule has 0 bridgehead atoms. The molecule has 0 aromatic heterocycles. The molecule has 0 nitrogen and oxygen atoms in total. The molecule has 0 saturated heterocycles. The van der Waals surface area contributed by atoms with Crippen LogP contribution in [-0.2, 0) is 0 Å². The Kier molecular flexibility index (Phi) is 599. The molecule has 18 valence electrons. The van der Waals surface area contributed by atoms with E-state index in [9.17, 15) is 0 Å². The minimum absolute atomic E-state index is 0. The Labute approximate surface area is 28.8 Å². The van der Waals surface area contributed by atoms with E-state index in [2.05, 4.69) is 12.8 Å². The van der Waals surface area contributed by atoms with Crippen molar-refractivity contribution in [2.75, 3.05) is 0 Å². The lowest BCUT2D eigenvalue weighted by Crippen LogP contribution is -0.576. The molecule has 0 aromatic rings. The van der Waals surface area contributed by atoms with Crippen molar-refractivity contribution in [2.24, 2.45) is 0 Å². The predicted molar refractivity (Wildman–Crippen MR) is 16.4 cm³/mol. The molecular weight excluding hydrogens is 48.0 g/mol. The molecule has 0 spiro atoms. The third kappa shape index (κ3) is 2.53. The van der Waals surface area contributed by atoms with Gasteiger partial charge in [0.05, 0.1) is 0 Å². The van der Waals surface area contributed by atoms with Crippen molar-refractivity contribution in [1.29, 1.82) is 0 Å². The second-order valence-electron chi connectivity index (χ2n) is 0. The molecule has 0 saturated carbocycles. The first-order valence-electron chi connectivity index (χ1n) is 0.333. The highest BCUT2D eigenvalue weighted by Crippen LogP contribution is 0.579. The van der Waals surface area contributed by atoms with E-state index in [1.54, 1.807) is 0 Å². The van der Waals surface area contributed by atoms with E-state index >= 15 is 0 Å². The molecule has 0 unspecified atom stereocenters. The lowest BCUT2D eigenvalue weighted by molar-refractivity contribution is 3.24. The van der Waals surface area contributed by atoms with Crippen LogP contribution in [0.15, 0.2) is 0 Å². The van der Waals surface area contributed by atoms with Crippen molar-refractivity contribution in [3.8, 4) is 12.8 Å². The summed E-state index contributed by atoms with van der Waals surface area (Å²) in [7, 11) is 0. The lowest BCUT2D eigenvalue weighted by Gasteiger charge is -0.701. The fourth-order valence-electron chi connectivity index (χ4n) is 0. The predicted octanol–water partition coefficient (Wildman–Crippen LogP) is 0.412. The molecule has 0 rings (SSSR count). The highest BCUT2D eigenvalue weighted by molar-refractivity contribution is 4.47. The summed E-state index contributed by atoms with van der Waals surface area (Å²) < 4.78 is 0. The van der Waals surface area contributed by atoms with E-state index in [1.165, 1.54) is 0 Å². The summed E-state index contributed by atoms with van der Waals surface area (Å²) in [6, 6.07) is 0. The van der Waals surface area contributed by atoms with E-state index < -0.39 is 0 Å². The van der Waals surface area contributed by atoms with Crippen LogP contribution in [0, 0.1) is 27.7 Å². The third-order valence-electron chi connectivity index (χ3n) is 0. The van der Waals surface area contributed by atoms with Crippen molar-refractivity contribution < 1.29 is 0 Å². The van der Waals surface area contributed by atoms with Gasteiger partial charge < -0.3 is 0 Å². The van der Waals surface area contributed by atoms with Crippen LogP contribution < -0.4 is 0 Å². The minimum Gasteiger partial charge on any atom is -0.124 e. The Balaban J connectivity index is -0.00000000500. The smallest absolute Gasteiger partial charge is 0 e. The van der Waals surface area contributed by atoms with Gasteiger partial charge in [0, 0.05) is 14.9 Å². The van der Waals surface area contributed by atoms with Gasteiger partial charge in [-0.1, -0.05) is 0 Å². The maximum Gasteiger partial charge on any atom is 0 e.